The molecule has 1 heterocycles. The lowest BCUT2D eigenvalue weighted by Crippen LogP contribution is -2.49. The van der Waals surface area contributed by atoms with Gasteiger partial charge in [-0.05, 0) is 30.9 Å². The minimum Gasteiger partial charge on any atom is -0.478 e. The van der Waals surface area contributed by atoms with Crippen LogP contribution in [0.5, 0.6) is 5.75 Å². The first-order chi connectivity index (χ1) is 10.5. The quantitative estimate of drug-likeness (QED) is 0.877. The SMILES string of the molecule is CC[C@H]1Oc2ccccc2N(CC(=O)NCCC(C)C)C1=O. The fraction of sp³-hybridized carbons (Fsp3) is 0.529. The van der Waals surface area contributed by atoms with Crippen molar-refractivity contribution in [2.24, 2.45) is 5.92 Å². The Kier molecular flexibility index (Phi) is 5.41. The third-order valence-corrected chi connectivity index (χ3v) is 3.68. The number of rotatable bonds is 6. The Morgan fingerprint density at radius 2 is 2.09 bits per heavy atom. The van der Waals surface area contributed by atoms with Crippen molar-refractivity contribution >= 4 is 17.5 Å². The van der Waals surface area contributed by atoms with Crippen LogP contribution < -0.4 is 15.0 Å². The fourth-order valence-electron chi connectivity index (χ4n) is 2.40. The summed E-state index contributed by atoms with van der Waals surface area (Å²) in [6.07, 6.45) is 0.994. The van der Waals surface area contributed by atoms with E-state index >= 15 is 0 Å². The van der Waals surface area contributed by atoms with Crippen LogP contribution in [-0.2, 0) is 9.59 Å². The van der Waals surface area contributed by atoms with Gasteiger partial charge in [-0.1, -0.05) is 32.9 Å². The van der Waals surface area contributed by atoms with Crippen LogP contribution in [0.4, 0.5) is 5.69 Å². The molecule has 5 nitrogen and oxygen atoms in total. The smallest absolute Gasteiger partial charge is 0.268 e. The number of para-hydroxylation sites is 2. The van der Waals surface area contributed by atoms with Crippen LogP contribution in [-0.4, -0.2) is 31.0 Å². The number of amides is 2. The number of benzene rings is 1. The highest BCUT2D eigenvalue weighted by Gasteiger charge is 2.33. The Labute approximate surface area is 131 Å². The Bertz CT molecular complexity index is 542. The molecule has 1 aromatic carbocycles. The normalized spacial score (nSPS) is 17.2. The van der Waals surface area contributed by atoms with Gasteiger partial charge in [0.2, 0.25) is 5.91 Å². The summed E-state index contributed by atoms with van der Waals surface area (Å²) in [6.45, 7) is 6.79. The van der Waals surface area contributed by atoms with E-state index in [2.05, 4.69) is 19.2 Å². The van der Waals surface area contributed by atoms with Gasteiger partial charge in [0, 0.05) is 6.54 Å². The molecule has 120 valence electrons. The summed E-state index contributed by atoms with van der Waals surface area (Å²) in [7, 11) is 0. The van der Waals surface area contributed by atoms with Gasteiger partial charge in [0.1, 0.15) is 12.3 Å². The van der Waals surface area contributed by atoms with Crippen molar-refractivity contribution < 1.29 is 14.3 Å². The van der Waals surface area contributed by atoms with E-state index in [1.807, 2.05) is 25.1 Å². The van der Waals surface area contributed by atoms with E-state index < -0.39 is 6.10 Å². The summed E-state index contributed by atoms with van der Waals surface area (Å²) in [5.41, 5.74) is 0.663. The highest BCUT2D eigenvalue weighted by Crippen LogP contribution is 2.34. The molecule has 0 unspecified atom stereocenters. The lowest BCUT2D eigenvalue weighted by Gasteiger charge is -2.33. The van der Waals surface area contributed by atoms with Crippen LogP contribution in [0.25, 0.3) is 0 Å². The molecule has 2 amide bonds. The summed E-state index contributed by atoms with van der Waals surface area (Å²) in [4.78, 5) is 26.1. The van der Waals surface area contributed by atoms with Crippen LogP contribution >= 0.6 is 0 Å². The van der Waals surface area contributed by atoms with Crippen LogP contribution in [0.2, 0.25) is 0 Å². The van der Waals surface area contributed by atoms with Crippen molar-refractivity contribution in [3.63, 3.8) is 0 Å². The Morgan fingerprint density at radius 3 is 2.77 bits per heavy atom. The molecule has 0 spiro atoms. The highest BCUT2D eigenvalue weighted by atomic mass is 16.5. The monoisotopic (exact) mass is 304 g/mol. The second-order valence-corrected chi connectivity index (χ2v) is 5.94. The van der Waals surface area contributed by atoms with Crippen LogP contribution in [0.15, 0.2) is 24.3 Å². The summed E-state index contributed by atoms with van der Waals surface area (Å²) in [5, 5.41) is 2.87. The van der Waals surface area contributed by atoms with Crippen LogP contribution in [0.3, 0.4) is 0 Å². The van der Waals surface area contributed by atoms with Crippen LogP contribution in [0.1, 0.15) is 33.6 Å². The summed E-state index contributed by atoms with van der Waals surface area (Å²) in [6, 6.07) is 7.34. The number of ether oxygens (including phenoxy) is 1. The molecule has 0 saturated heterocycles. The highest BCUT2D eigenvalue weighted by molar-refractivity contribution is 6.03. The number of hydrogen-bond acceptors (Lipinski definition) is 3. The maximum Gasteiger partial charge on any atom is 0.268 e. The second kappa shape index (κ2) is 7.29. The number of anilines is 1. The van der Waals surface area contributed by atoms with Gasteiger partial charge in [-0.15, -0.1) is 0 Å². The zero-order valence-corrected chi connectivity index (χ0v) is 13.5. The first-order valence-corrected chi connectivity index (χ1v) is 7.86. The third-order valence-electron chi connectivity index (χ3n) is 3.68. The molecule has 0 aliphatic carbocycles. The predicted octanol–water partition coefficient (Wildman–Crippen LogP) is 2.35. The molecule has 2 rings (SSSR count). The fourth-order valence-corrected chi connectivity index (χ4v) is 2.40. The number of nitrogens with zero attached hydrogens (tertiary/aromatic N) is 1. The summed E-state index contributed by atoms with van der Waals surface area (Å²) in [5.74, 6) is 0.903. The van der Waals surface area contributed by atoms with Crippen molar-refractivity contribution in [1.82, 2.24) is 5.32 Å². The first-order valence-electron chi connectivity index (χ1n) is 7.86. The first kappa shape index (κ1) is 16.3. The Hall–Kier alpha value is -2.04. The van der Waals surface area contributed by atoms with Gasteiger partial charge >= 0.3 is 0 Å². The van der Waals surface area contributed by atoms with E-state index in [1.54, 1.807) is 6.07 Å². The van der Waals surface area contributed by atoms with Crippen molar-refractivity contribution in [3.05, 3.63) is 24.3 Å². The molecule has 0 aromatic heterocycles. The van der Waals surface area contributed by atoms with Crippen LogP contribution in [0, 0.1) is 5.92 Å². The van der Waals surface area contributed by atoms with E-state index in [-0.39, 0.29) is 18.4 Å². The molecule has 1 aliphatic heterocycles. The van der Waals surface area contributed by atoms with Gasteiger partial charge < -0.3 is 10.1 Å². The molecular formula is C17H24N2O3. The average Bonchev–Trinajstić information content (AvgIpc) is 2.49. The summed E-state index contributed by atoms with van der Waals surface area (Å²) >= 11 is 0. The molecule has 1 atom stereocenters. The van der Waals surface area contributed by atoms with E-state index in [1.165, 1.54) is 4.90 Å². The van der Waals surface area contributed by atoms with E-state index in [0.29, 0.717) is 30.3 Å². The molecule has 0 radical (unpaired) electrons. The third kappa shape index (κ3) is 3.78. The molecule has 1 N–H and O–H groups in total. The minimum absolute atomic E-state index is 0.0355. The van der Waals surface area contributed by atoms with Gasteiger partial charge in [-0.25, -0.2) is 0 Å². The van der Waals surface area contributed by atoms with Gasteiger partial charge in [0.15, 0.2) is 6.10 Å². The number of carbonyl (C=O) groups excluding carboxylic acids is 2. The molecule has 0 fully saturated rings. The van der Waals surface area contributed by atoms with E-state index in [4.69, 9.17) is 4.74 Å². The molecular weight excluding hydrogens is 280 g/mol. The number of nitrogens with one attached hydrogen (secondary N) is 1. The van der Waals surface area contributed by atoms with Gasteiger partial charge in [-0.3, -0.25) is 14.5 Å². The van der Waals surface area contributed by atoms with Gasteiger partial charge in [0.25, 0.3) is 5.91 Å². The lowest BCUT2D eigenvalue weighted by molar-refractivity contribution is -0.129. The molecule has 5 heteroatoms. The molecule has 1 aromatic rings. The zero-order valence-electron chi connectivity index (χ0n) is 13.5. The second-order valence-electron chi connectivity index (χ2n) is 5.94. The number of carbonyl (C=O) groups is 2. The zero-order chi connectivity index (χ0) is 16.1. The van der Waals surface area contributed by atoms with Crippen molar-refractivity contribution in [1.29, 1.82) is 0 Å². The van der Waals surface area contributed by atoms with E-state index in [9.17, 15) is 9.59 Å². The molecule has 0 bridgehead atoms. The predicted molar refractivity (Wildman–Crippen MR) is 86.0 cm³/mol. The summed E-state index contributed by atoms with van der Waals surface area (Å²) < 4.78 is 5.69. The Morgan fingerprint density at radius 1 is 1.36 bits per heavy atom. The van der Waals surface area contributed by atoms with Crippen molar-refractivity contribution in [2.75, 3.05) is 18.0 Å². The molecule has 22 heavy (non-hydrogen) atoms. The van der Waals surface area contributed by atoms with E-state index in [0.717, 1.165) is 6.42 Å². The van der Waals surface area contributed by atoms with Gasteiger partial charge in [-0.2, -0.15) is 0 Å². The lowest BCUT2D eigenvalue weighted by atomic mass is 10.1. The standard InChI is InChI=1S/C17H24N2O3/c1-4-14-17(21)19(11-16(20)18-10-9-12(2)3)13-7-5-6-8-15(13)22-14/h5-8,12,14H,4,9-11H2,1-3H3,(H,18,20)/t14-/m1/s1. The maximum absolute atomic E-state index is 12.5. The molecule has 1 aliphatic rings. The largest absolute Gasteiger partial charge is 0.478 e. The molecule has 0 saturated carbocycles. The van der Waals surface area contributed by atoms with Gasteiger partial charge in [0.05, 0.1) is 5.69 Å². The van der Waals surface area contributed by atoms with Crippen molar-refractivity contribution in [3.8, 4) is 5.75 Å². The number of fused-ring (bicyclic) bond motifs is 1. The number of hydrogen-bond donors (Lipinski definition) is 1. The topological polar surface area (TPSA) is 58.6 Å². The minimum atomic E-state index is -0.515. The Balaban J connectivity index is 2.07. The maximum atomic E-state index is 12.5. The van der Waals surface area contributed by atoms with Crippen molar-refractivity contribution in [2.45, 2.75) is 39.7 Å². The average molecular weight is 304 g/mol.